The second-order valence-electron chi connectivity index (χ2n) is 7.80. The Morgan fingerprint density at radius 3 is 2.29 bits per heavy atom. The van der Waals surface area contributed by atoms with Crippen LogP contribution in [0, 0.1) is 5.92 Å². The minimum Gasteiger partial charge on any atom is -0.461 e. The van der Waals surface area contributed by atoms with E-state index in [0.717, 1.165) is 38.3 Å². The van der Waals surface area contributed by atoms with Crippen molar-refractivity contribution in [1.82, 2.24) is 5.32 Å². The SMILES string of the molecule is CC(C)OC(=O)[C@H](CCC(=O)C=[N+]=[N-])NC(=O)[C@@H](OC(C)C)C1CCCCC1. The van der Waals surface area contributed by atoms with Gasteiger partial charge >= 0.3 is 12.2 Å². The van der Waals surface area contributed by atoms with Gasteiger partial charge in [0, 0.05) is 6.42 Å². The minimum absolute atomic E-state index is 0.0542. The van der Waals surface area contributed by atoms with E-state index in [0.29, 0.717) is 0 Å². The number of rotatable bonds is 11. The Bertz CT molecular complexity index is 578. The molecule has 0 bridgehead atoms. The van der Waals surface area contributed by atoms with Crippen molar-refractivity contribution in [3.8, 4) is 0 Å². The average molecular weight is 396 g/mol. The topological polar surface area (TPSA) is 118 Å². The minimum atomic E-state index is -0.965. The van der Waals surface area contributed by atoms with Gasteiger partial charge < -0.3 is 20.3 Å². The predicted octanol–water partition coefficient (Wildman–Crippen LogP) is 2.45. The molecule has 8 heteroatoms. The van der Waals surface area contributed by atoms with Gasteiger partial charge in [-0.15, -0.1) is 0 Å². The van der Waals surface area contributed by atoms with Gasteiger partial charge in [0.25, 0.3) is 0 Å². The van der Waals surface area contributed by atoms with Crippen LogP contribution in [-0.2, 0) is 23.9 Å². The third-order valence-electron chi connectivity index (χ3n) is 4.59. The zero-order chi connectivity index (χ0) is 21.1. The van der Waals surface area contributed by atoms with E-state index in [1.807, 2.05) is 13.8 Å². The third kappa shape index (κ3) is 8.76. The first-order chi connectivity index (χ1) is 13.2. The fraction of sp³-hybridized carbons (Fsp3) is 0.800. The molecule has 0 aromatic carbocycles. The molecule has 0 heterocycles. The van der Waals surface area contributed by atoms with Crippen LogP contribution >= 0.6 is 0 Å². The van der Waals surface area contributed by atoms with Gasteiger partial charge in [-0.25, -0.2) is 4.79 Å². The van der Waals surface area contributed by atoms with E-state index in [2.05, 4.69) is 10.1 Å². The summed E-state index contributed by atoms with van der Waals surface area (Å²) in [5.74, 6) is -1.28. The van der Waals surface area contributed by atoms with Crippen LogP contribution in [-0.4, -0.2) is 53.0 Å². The molecular weight excluding hydrogens is 362 g/mol. The van der Waals surface area contributed by atoms with Crippen LogP contribution < -0.4 is 5.32 Å². The number of carbonyl (C=O) groups excluding carboxylic acids is 3. The molecule has 0 unspecified atom stereocenters. The van der Waals surface area contributed by atoms with Gasteiger partial charge in [0.2, 0.25) is 11.7 Å². The summed E-state index contributed by atoms with van der Waals surface area (Å²) in [6.45, 7) is 7.18. The van der Waals surface area contributed by atoms with E-state index in [9.17, 15) is 14.4 Å². The van der Waals surface area contributed by atoms with Crippen molar-refractivity contribution in [3.63, 3.8) is 0 Å². The number of hydrogen-bond donors (Lipinski definition) is 1. The van der Waals surface area contributed by atoms with Crippen LogP contribution in [0.4, 0.5) is 0 Å². The van der Waals surface area contributed by atoms with Gasteiger partial charge in [-0.2, -0.15) is 4.79 Å². The van der Waals surface area contributed by atoms with Crippen LogP contribution in [0.5, 0.6) is 0 Å². The number of hydrogen-bond acceptors (Lipinski definition) is 5. The maximum Gasteiger partial charge on any atom is 0.328 e. The molecule has 1 aliphatic rings. The van der Waals surface area contributed by atoms with Gasteiger partial charge in [-0.1, -0.05) is 19.3 Å². The lowest BCUT2D eigenvalue weighted by molar-refractivity contribution is -0.154. The normalized spacial score (nSPS) is 16.9. The molecule has 8 nitrogen and oxygen atoms in total. The maximum atomic E-state index is 13.0. The molecule has 1 N–H and O–H groups in total. The summed E-state index contributed by atoms with van der Waals surface area (Å²) >= 11 is 0. The van der Waals surface area contributed by atoms with Gasteiger partial charge in [-0.05, 0) is 52.9 Å². The van der Waals surface area contributed by atoms with E-state index >= 15 is 0 Å². The summed E-state index contributed by atoms with van der Waals surface area (Å²) < 4.78 is 11.1. The van der Waals surface area contributed by atoms with E-state index in [1.165, 1.54) is 0 Å². The quantitative estimate of drug-likeness (QED) is 0.249. The number of Topliss-reactive ketones (excluding diaryl/α,β-unsaturated/α-hetero) is 1. The van der Waals surface area contributed by atoms with Crippen LogP contribution in [0.25, 0.3) is 5.53 Å². The lowest BCUT2D eigenvalue weighted by Gasteiger charge is -2.31. The second kappa shape index (κ2) is 12.4. The molecular formula is C20H33N3O5. The molecule has 1 saturated carbocycles. The van der Waals surface area contributed by atoms with Crippen molar-refractivity contribution < 1.29 is 28.6 Å². The lowest BCUT2D eigenvalue weighted by Crippen LogP contribution is -2.50. The average Bonchev–Trinajstić information content (AvgIpc) is 2.63. The van der Waals surface area contributed by atoms with E-state index in [4.69, 9.17) is 15.0 Å². The highest BCUT2D eigenvalue weighted by Gasteiger charge is 2.34. The van der Waals surface area contributed by atoms with Gasteiger partial charge in [0.1, 0.15) is 12.1 Å². The highest BCUT2D eigenvalue weighted by atomic mass is 16.5. The second-order valence-corrected chi connectivity index (χ2v) is 7.80. The summed E-state index contributed by atoms with van der Waals surface area (Å²) in [5.41, 5.74) is 8.45. The highest BCUT2D eigenvalue weighted by Crippen LogP contribution is 2.29. The zero-order valence-corrected chi connectivity index (χ0v) is 17.3. The first-order valence-corrected chi connectivity index (χ1v) is 10.1. The van der Waals surface area contributed by atoms with Crippen molar-refractivity contribution >= 4 is 23.9 Å². The first-order valence-electron chi connectivity index (χ1n) is 10.1. The van der Waals surface area contributed by atoms with E-state index < -0.39 is 23.9 Å². The van der Waals surface area contributed by atoms with Crippen molar-refractivity contribution in [2.24, 2.45) is 5.92 Å². The monoisotopic (exact) mass is 395 g/mol. The Hall–Kier alpha value is -2.05. The van der Waals surface area contributed by atoms with Gasteiger partial charge in [-0.3, -0.25) is 9.59 Å². The van der Waals surface area contributed by atoms with Gasteiger partial charge in [0.05, 0.1) is 12.2 Å². The summed E-state index contributed by atoms with van der Waals surface area (Å²) in [6, 6.07) is -0.965. The highest BCUT2D eigenvalue weighted by molar-refractivity contribution is 6.25. The number of amides is 1. The van der Waals surface area contributed by atoms with Gasteiger partial charge in [0.15, 0.2) is 0 Å². The number of carbonyl (C=O) groups is 3. The third-order valence-corrected chi connectivity index (χ3v) is 4.59. The molecule has 0 spiro atoms. The fourth-order valence-corrected chi connectivity index (χ4v) is 3.35. The Balaban J connectivity index is 2.87. The maximum absolute atomic E-state index is 13.0. The molecule has 1 amide bonds. The molecule has 0 radical (unpaired) electrons. The largest absolute Gasteiger partial charge is 0.461 e. The molecule has 0 aliphatic heterocycles. The van der Waals surface area contributed by atoms with Crippen molar-refractivity contribution in [2.45, 2.75) is 97.0 Å². The molecule has 28 heavy (non-hydrogen) atoms. The molecule has 1 rings (SSSR count). The first kappa shape index (κ1) is 24.0. The molecule has 1 aliphatic carbocycles. The van der Waals surface area contributed by atoms with E-state index in [1.54, 1.807) is 13.8 Å². The van der Waals surface area contributed by atoms with Crippen molar-refractivity contribution in [1.29, 1.82) is 0 Å². The van der Waals surface area contributed by atoms with Crippen LogP contribution in [0.15, 0.2) is 0 Å². The molecule has 158 valence electrons. The Morgan fingerprint density at radius 1 is 1.11 bits per heavy atom. The zero-order valence-electron chi connectivity index (χ0n) is 17.3. The molecule has 1 fully saturated rings. The number of nitrogens with one attached hydrogen (secondary N) is 1. The smallest absolute Gasteiger partial charge is 0.328 e. The number of ketones is 1. The summed E-state index contributed by atoms with van der Waals surface area (Å²) in [5, 5.41) is 2.72. The fourth-order valence-electron chi connectivity index (χ4n) is 3.35. The Labute approximate surface area is 167 Å². The predicted molar refractivity (Wildman–Crippen MR) is 104 cm³/mol. The molecule has 2 atom stereocenters. The molecule has 0 saturated heterocycles. The number of ether oxygens (including phenoxy) is 2. The summed E-state index contributed by atoms with van der Waals surface area (Å²) in [4.78, 5) is 39.7. The van der Waals surface area contributed by atoms with Crippen LogP contribution in [0.3, 0.4) is 0 Å². The summed E-state index contributed by atoms with van der Waals surface area (Å²) in [6.07, 6.45) is 4.78. The lowest BCUT2D eigenvalue weighted by atomic mass is 9.84. The standard InChI is InChI=1S/C20H33N3O5/c1-13(2)27-18(15-8-6-5-7-9-15)19(25)23-17(20(26)28-14(3)4)11-10-16(24)12-22-21/h12-15,17-18H,5-11H2,1-4H3,(H,23,25)/t17-,18-/m0/s1. The molecule has 0 aromatic rings. The Kier molecular flexibility index (Phi) is 10.6. The molecule has 0 aromatic heterocycles. The Morgan fingerprint density at radius 2 is 1.75 bits per heavy atom. The number of nitrogens with zero attached hydrogens (tertiary/aromatic N) is 2. The van der Waals surface area contributed by atoms with E-state index in [-0.39, 0.29) is 36.9 Å². The van der Waals surface area contributed by atoms with Crippen LogP contribution in [0.2, 0.25) is 0 Å². The van der Waals surface area contributed by atoms with Crippen molar-refractivity contribution in [2.75, 3.05) is 0 Å². The van der Waals surface area contributed by atoms with Crippen molar-refractivity contribution in [3.05, 3.63) is 5.53 Å². The van der Waals surface area contributed by atoms with Crippen LogP contribution in [0.1, 0.15) is 72.6 Å². The number of esters is 1. The summed E-state index contributed by atoms with van der Waals surface area (Å²) in [7, 11) is 0.